The number of nitrogens with zero attached hydrogens (tertiary/aromatic N) is 1. The highest BCUT2D eigenvalue weighted by Crippen LogP contribution is 2.41. The molecule has 2 unspecified atom stereocenters. The molecule has 0 aromatic heterocycles. The molecule has 2 fully saturated rings. The van der Waals surface area contributed by atoms with Gasteiger partial charge in [-0.25, -0.2) is 0 Å². The van der Waals surface area contributed by atoms with E-state index >= 15 is 0 Å². The Morgan fingerprint density at radius 1 is 1.10 bits per heavy atom. The van der Waals surface area contributed by atoms with Gasteiger partial charge < -0.3 is 5.11 Å². The summed E-state index contributed by atoms with van der Waals surface area (Å²) in [6, 6.07) is 6.60. The van der Waals surface area contributed by atoms with Gasteiger partial charge in [-0.3, -0.25) is 19.3 Å². The van der Waals surface area contributed by atoms with Crippen LogP contribution in [0.5, 0.6) is 0 Å². The lowest BCUT2D eigenvalue weighted by Gasteiger charge is -2.16. The number of fused-ring (bicyclic) bond motifs is 1. The molecule has 1 heterocycles. The first kappa shape index (κ1) is 12.8. The fourth-order valence-electron chi connectivity index (χ4n) is 3.18. The first-order valence-electron chi connectivity index (χ1n) is 6.76. The number of rotatable bonds is 3. The van der Waals surface area contributed by atoms with E-state index in [9.17, 15) is 14.4 Å². The zero-order valence-corrected chi connectivity index (χ0v) is 10.9. The van der Waals surface area contributed by atoms with Crippen molar-refractivity contribution in [1.29, 1.82) is 0 Å². The number of benzene rings is 1. The van der Waals surface area contributed by atoms with Gasteiger partial charge in [0.05, 0.1) is 23.9 Å². The second-order valence-corrected chi connectivity index (χ2v) is 5.39. The van der Waals surface area contributed by atoms with E-state index in [-0.39, 0.29) is 30.1 Å². The minimum absolute atomic E-state index is 0.0621. The van der Waals surface area contributed by atoms with Gasteiger partial charge in [0.2, 0.25) is 11.8 Å². The van der Waals surface area contributed by atoms with Crippen molar-refractivity contribution in [3.8, 4) is 0 Å². The molecule has 5 heteroatoms. The molecule has 20 heavy (non-hydrogen) atoms. The molecule has 3 rings (SSSR count). The average Bonchev–Trinajstić information content (AvgIpc) is 2.96. The van der Waals surface area contributed by atoms with Crippen LogP contribution in [0.25, 0.3) is 0 Å². The molecule has 2 atom stereocenters. The summed E-state index contributed by atoms with van der Waals surface area (Å²) in [5.74, 6) is -1.42. The molecule has 0 spiro atoms. The van der Waals surface area contributed by atoms with Crippen molar-refractivity contribution in [3.05, 3.63) is 29.8 Å². The lowest BCUT2D eigenvalue weighted by molar-refractivity contribution is -0.136. The van der Waals surface area contributed by atoms with Crippen LogP contribution in [0.15, 0.2) is 24.3 Å². The van der Waals surface area contributed by atoms with Crippen LogP contribution in [0, 0.1) is 11.8 Å². The van der Waals surface area contributed by atoms with Crippen molar-refractivity contribution in [2.75, 3.05) is 4.90 Å². The van der Waals surface area contributed by atoms with Crippen LogP contribution < -0.4 is 4.90 Å². The Morgan fingerprint density at radius 3 is 2.15 bits per heavy atom. The summed E-state index contributed by atoms with van der Waals surface area (Å²) in [6.45, 7) is 0. The molecule has 1 aromatic rings. The Balaban J connectivity index is 1.84. The van der Waals surface area contributed by atoms with Crippen molar-refractivity contribution in [2.24, 2.45) is 11.8 Å². The van der Waals surface area contributed by atoms with Crippen molar-refractivity contribution < 1.29 is 19.5 Å². The lowest BCUT2D eigenvalue weighted by Crippen LogP contribution is -2.31. The monoisotopic (exact) mass is 273 g/mol. The summed E-state index contributed by atoms with van der Waals surface area (Å²) >= 11 is 0. The summed E-state index contributed by atoms with van der Waals surface area (Å²) < 4.78 is 0. The minimum Gasteiger partial charge on any atom is -0.481 e. The molecule has 2 amide bonds. The maximum Gasteiger partial charge on any atom is 0.307 e. The zero-order chi connectivity index (χ0) is 14.3. The predicted octanol–water partition coefficient (Wildman–Crippen LogP) is 1.60. The summed E-state index contributed by atoms with van der Waals surface area (Å²) in [5, 5.41) is 8.72. The Bertz CT molecular complexity index is 556. The van der Waals surface area contributed by atoms with E-state index in [0.29, 0.717) is 11.3 Å². The number of hydrogen-bond acceptors (Lipinski definition) is 3. The standard InChI is InChI=1S/C15H15NO4/c17-13(18)8-9-4-6-10(7-5-9)16-14(19)11-2-1-3-12(11)15(16)20/h4-7,11-12H,1-3,8H2,(H,17,18). The molecule has 1 saturated carbocycles. The van der Waals surface area contributed by atoms with Crippen molar-refractivity contribution in [3.63, 3.8) is 0 Å². The third-order valence-corrected chi connectivity index (χ3v) is 4.14. The highest BCUT2D eigenvalue weighted by Gasteiger charge is 2.50. The number of carbonyl (C=O) groups is 3. The van der Waals surface area contributed by atoms with E-state index < -0.39 is 5.97 Å². The molecule has 1 aliphatic heterocycles. The van der Waals surface area contributed by atoms with Crippen LogP contribution in [-0.4, -0.2) is 22.9 Å². The Labute approximate surface area is 116 Å². The summed E-state index contributed by atoms with van der Waals surface area (Å²) in [5.41, 5.74) is 1.20. The van der Waals surface area contributed by atoms with Crippen LogP contribution in [-0.2, 0) is 20.8 Å². The SMILES string of the molecule is O=C(O)Cc1ccc(N2C(=O)C3CCCC3C2=O)cc1. The normalized spacial score (nSPS) is 25.1. The van der Waals surface area contributed by atoms with Crippen molar-refractivity contribution in [2.45, 2.75) is 25.7 Å². The molecule has 0 radical (unpaired) electrons. The van der Waals surface area contributed by atoms with Crippen LogP contribution >= 0.6 is 0 Å². The number of hydrogen-bond donors (Lipinski definition) is 1. The minimum atomic E-state index is -0.902. The van der Waals surface area contributed by atoms with E-state index in [0.717, 1.165) is 19.3 Å². The molecular weight excluding hydrogens is 258 g/mol. The fourth-order valence-corrected chi connectivity index (χ4v) is 3.18. The maximum atomic E-state index is 12.3. The molecule has 104 valence electrons. The van der Waals surface area contributed by atoms with Gasteiger partial charge in [-0.05, 0) is 30.5 Å². The van der Waals surface area contributed by atoms with Crippen LogP contribution in [0.1, 0.15) is 24.8 Å². The molecular formula is C15H15NO4. The topological polar surface area (TPSA) is 74.7 Å². The second-order valence-electron chi connectivity index (χ2n) is 5.39. The average molecular weight is 273 g/mol. The zero-order valence-electron chi connectivity index (χ0n) is 10.9. The smallest absolute Gasteiger partial charge is 0.307 e. The van der Waals surface area contributed by atoms with Gasteiger partial charge in [0, 0.05) is 0 Å². The molecule has 1 aromatic carbocycles. The number of carbonyl (C=O) groups excluding carboxylic acids is 2. The number of anilines is 1. The van der Waals surface area contributed by atoms with Gasteiger partial charge in [0.1, 0.15) is 0 Å². The highest BCUT2D eigenvalue weighted by atomic mass is 16.4. The van der Waals surface area contributed by atoms with Gasteiger partial charge >= 0.3 is 5.97 Å². The molecule has 5 nitrogen and oxygen atoms in total. The van der Waals surface area contributed by atoms with Gasteiger partial charge in [-0.15, -0.1) is 0 Å². The van der Waals surface area contributed by atoms with E-state index in [1.807, 2.05) is 0 Å². The van der Waals surface area contributed by atoms with E-state index in [2.05, 4.69) is 0 Å². The first-order chi connectivity index (χ1) is 9.58. The first-order valence-corrected chi connectivity index (χ1v) is 6.76. The third-order valence-electron chi connectivity index (χ3n) is 4.14. The molecule has 1 saturated heterocycles. The molecule has 2 aliphatic rings. The lowest BCUT2D eigenvalue weighted by atomic mass is 10.00. The number of amides is 2. The number of imide groups is 1. The molecule has 0 bridgehead atoms. The van der Waals surface area contributed by atoms with Crippen LogP contribution in [0.2, 0.25) is 0 Å². The number of carboxylic acids is 1. The van der Waals surface area contributed by atoms with Crippen molar-refractivity contribution in [1.82, 2.24) is 0 Å². The van der Waals surface area contributed by atoms with Gasteiger partial charge in [0.25, 0.3) is 0 Å². The summed E-state index contributed by atoms with van der Waals surface area (Å²) in [7, 11) is 0. The molecule has 1 aliphatic carbocycles. The number of carboxylic acid groups (broad SMARTS) is 1. The fraction of sp³-hybridized carbons (Fsp3) is 0.400. The van der Waals surface area contributed by atoms with Crippen LogP contribution in [0.4, 0.5) is 5.69 Å². The Kier molecular flexibility index (Phi) is 3.04. The van der Waals surface area contributed by atoms with Gasteiger partial charge in [0.15, 0.2) is 0 Å². The Hall–Kier alpha value is -2.17. The largest absolute Gasteiger partial charge is 0.481 e. The van der Waals surface area contributed by atoms with E-state index in [1.165, 1.54) is 4.90 Å². The third kappa shape index (κ3) is 1.99. The van der Waals surface area contributed by atoms with Gasteiger partial charge in [-0.2, -0.15) is 0 Å². The number of aliphatic carboxylic acids is 1. The van der Waals surface area contributed by atoms with Crippen LogP contribution in [0.3, 0.4) is 0 Å². The summed E-state index contributed by atoms with van der Waals surface area (Å²) in [6.07, 6.45) is 2.47. The van der Waals surface area contributed by atoms with E-state index in [4.69, 9.17) is 5.11 Å². The maximum absolute atomic E-state index is 12.3. The quantitative estimate of drug-likeness (QED) is 0.849. The Morgan fingerprint density at radius 2 is 1.65 bits per heavy atom. The van der Waals surface area contributed by atoms with Gasteiger partial charge in [-0.1, -0.05) is 18.6 Å². The van der Waals surface area contributed by atoms with Crippen molar-refractivity contribution >= 4 is 23.5 Å². The van der Waals surface area contributed by atoms with E-state index in [1.54, 1.807) is 24.3 Å². The predicted molar refractivity (Wildman–Crippen MR) is 71.1 cm³/mol. The summed E-state index contributed by atoms with van der Waals surface area (Å²) in [4.78, 5) is 36.4. The highest BCUT2D eigenvalue weighted by molar-refractivity contribution is 6.22. The second kappa shape index (κ2) is 4.74. The molecule has 1 N–H and O–H groups in total.